The van der Waals surface area contributed by atoms with Crippen molar-refractivity contribution in [2.75, 3.05) is 39.5 Å². The Morgan fingerprint density at radius 1 is 1.06 bits per heavy atom. The number of carbonyl (C=O) groups excluding carboxylic acids is 2. The molecule has 7 nitrogen and oxygen atoms in total. The molecule has 0 aliphatic carbocycles. The lowest BCUT2D eigenvalue weighted by atomic mass is 9.89. The number of nitrogens with one attached hydrogen (secondary N) is 2. The summed E-state index contributed by atoms with van der Waals surface area (Å²) in [5, 5.41) is 5.21. The Hall–Kier alpha value is -2.26. The summed E-state index contributed by atoms with van der Waals surface area (Å²) in [4.78, 5) is 27.1. The van der Waals surface area contributed by atoms with E-state index in [1.165, 1.54) is 5.56 Å². The summed E-state index contributed by atoms with van der Waals surface area (Å²) in [6, 6.07) is 17.9. The Morgan fingerprint density at radius 3 is 2.50 bits per heavy atom. The lowest BCUT2D eigenvalue weighted by Gasteiger charge is -2.31. The van der Waals surface area contributed by atoms with Crippen molar-refractivity contribution in [3.05, 3.63) is 70.2 Å². The van der Waals surface area contributed by atoms with Crippen LogP contribution in [0.2, 0.25) is 0 Å². The van der Waals surface area contributed by atoms with Crippen molar-refractivity contribution < 1.29 is 14.3 Å². The topological polar surface area (TPSA) is 73.9 Å². The Bertz CT molecular complexity index is 901. The number of halogens is 1. The summed E-state index contributed by atoms with van der Waals surface area (Å²) in [6.45, 7) is 3.96. The van der Waals surface area contributed by atoms with Gasteiger partial charge in [0.1, 0.15) is 6.61 Å². The fourth-order valence-corrected chi connectivity index (χ4v) is 4.53. The normalized spacial score (nSPS) is 20.2. The van der Waals surface area contributed by atoms with Crippen LogP contribution in [-0.4, -0.2) is 61.2 Å². The molecule has 2 fully saturated rings. The number of hydrazine groups is 1. The molecule has 8 heteroatoms. The summed E-state index contributed by atoms with van der Waals surface area (Å²) in [5.74, 6) is 0.290. The van der Waals surface area contributed by atoms with Gasteiger partial charge in [-0.1, -0.05) is 58.4 Å². The molecule has 4 rings (SSSR count). The average Bonchev–Trinajstić information content (AvgIpc) is 3.28. The quantitative estimate of drug-likeness (QED) is 0.566. The van der Waals surface area contributed by atoms with E-state index in [0.717, 1.165) is 36.0 Å². The molecule has 2 aromatic carbocycles. The van der Waals surface area contributed by atoms with Crippen LogP contribution >= 0.6 is 15.9 Å². The predicted molar refractivity (Wildman–Crippen MR) is 126 cm³/mol. The van der Waals surface area contributed by atoms with E-state index in [2.05, 4.69) is 43.7 Å². The van der Waals surface area contributed by atoms with Gasteiger partial charge in [-0.05, 0) is 43.6 Å². The molecule has 1 atom stereocenters. The van der Waals surface area contributed by atoms with Crippen molar-refractivity contribution in [3.63, 3.8) is 0 Å². The maximum absolute atomic E-state index is 12.7. The highest BCUT2D eigenvalue weighted by Crippen LogP contribution is 2.23. The maximum atomic E-state index is 12.7. The van der Waals surface area contributed by atoms with Gasteiger partial charge in [-0.25, -0.2) is 9.80 Å². The number of piperidine rings is 1. The molecule has 0 aromatic heterocycles. The summed E-state index contributed by atoms with van der Waals surface area (Å²) in [5.41, 5.74) is 4.78. The highest BCUT2D eigenvalue weighted by Gasteiger charge is 2.26. The molecule has 0 saturated carbocycles. The third kappa shape index (κ3) is 6.16. The Kier molecular flexibility index (Phi) is 7.91. The molecule has 2 N–H and O–H groups in total. The number of rotatable bonds is 7. The van der Waals surface area contributed by atoms with E-state index in [1.807, 2.05) is 47.5 Å². The van der Waals surface area contributed by atoms with Crippen LogP contribution in [0.5, 0.6) is 0 Å². The molecule has 0 radical (unpaired) electrons. The van der Waals surface area contributed by atoms with Crippen LogP contribution in [0.25, 0.3) is 0 Å². The number of nitrogens with zero attached hydrogens (tertiary/aromatic N) is 2. The number of carbonyl (C=O) groups is 2. The van der Waals surface area contributed by atoms with Gasteiger partial charge in [0.25, 0.3) is 0 Å². The zero-order valence-electron chi connectivity index (χ0n) is 18.0. The van der Waals surface area contributed by atoms with Gasteiger partial charge in [0.15, 0.2) is 5.78 Å². The van der Waals surface area contributed by atoms with Gasteiger partial charge in [0.05, 0.1) is 6.67 Å². The lowest BCUT2D eigenvalue weighted by molar-refractivity contribution is 0.0779. The number of likely N-dealkylation sites (tertiary alicyclic amines) is 1. The van der Waals surface area contributed by atoms with Crippen LogP contribution in [0.4, 0.5) is 4.79 Å². The van der Waals surface area contributed by atoms with Gasteiger partial charge < -0.3 is 4.74 Å². The van der Waals surface area contributed by atoms with E-state index in [0.29, 0.717) is 26.4 Å². The zero-order chi connectivity index (χ0) is 22.3. The molecule has 32 heavy (non-hydrogen) atoms. The third-order valence-electron chi connectivity index (χ3n) is 6.11. The summed E-state index contributed by atoms with van der Waals surface area (Å²) in [6.07, 6.45) is 1.24. The Labute approximate surface area is 197 Å². The minimum atomic E-state index is -0.430. The Balaban J connectivity index is 1.12. The van der Waals surface area contributed by atoms with Crippen molar-refractivity contribution in [2.24, 2.45) is 5.92 Å². The van der Waals surface area contributed by atoms with Gasteiger partial charge in [0, 0.05) is 35.1 Å². The van der Waals surface area contributed by atoms with E-state index in [4.69, 9.17) is 4.74 Å². The maximum Gasteiger partial charge on any atom is 0.421 e. The number of Topliss-reactive ketones (excluding diaryl/α,β-unsaturated/α-hetero) is 1. The van der Waals surface area contributed by atoms with Crippen LogP contribution in [0.15, 0.2) is 59.1 Å². The van der Waals surface area contributed by atoms with E-state index in [1.54, 1.807) is 0 Å². The SMILES string of the molecule is O=C(NN1CNC(c2ccccc2)C1)OCCN1CCC(C(=O)c2ccc(Br)cc2)CC1. The second kappa shape index (κ2) is 11.0. The average molecular weight is 501 g/mol. The van der Waals surface area contributed by atoms with E-state index >= 15 is 0 Å². The first-order valence-corrected chi connectivity index (χ1v) is 11.9. The smallest absolute Gasteiger partial charge is 0.421 e. The molecule has 2 aromatic rings. The van der Waals surface area contributed by atoms with E-state index in [9.17, 15) is 9.59 Å². The monoisotopic (exact) mass is 500 g/mol. The molecule has 0 bridgehead atoms. The fraction of sp³-hybridized carbons (Fsp3) is 0.417. The first-order valence-electron chi connectivity index (χ1n) is 11.1. The lowest BCUT2D eigenvalue weighted by Crippen LogP contribution is -2.43. The number of benzene rings is 2. The van der Waals surface area contributed by atoms with Crippen molar-refractivity contribution >= 4 is 27.8 Å². The van der Waals surface area contributed by atoms with Crippen LogP contribution < -0.4 is 10.7 Å². The summed E-state index contributed by atoms with van der Waals surface area (Å²) < 4.78 is 6.35. The number of ketones is 1. The molecule has 2 aliphatic rings. The summed E-state index contributed by atoms with van der Waals surface area (Å²) >= 11 is 3.41. The zero-order valence-corrected chi connectivity index (χ0v) is 19.6. The molecule has 2 aliphatic heterocycles. The van der Waals surface area contributed by atoms with Crippen LogP contribution in [0.1, 0.15) is 34.8 Å². The van der Waals surface area contributed by atoms with Crippen LogP contribution in [0.3, 0.4) is 0 Å². The minimum Gasteiger partial charge on any atom is -0.447 e. The number of hydrogen-bond acceptors (Lipinski definition) is 6. The molecule has 0 spiro atoms. The molecule has 1 unspecified atom stereocenters. The highest BCUT2D eigenvalue weighted by atomic mass is 79.9. The number of hydrogen-bond donors (Lipinski definition) is 2. The van der Waals surface area contributed by atoms with Gasteiger partial charge in [-0.3, -0.25) is 20.4 Å². The van der Waals surface area contributed by atoms with Crippen molar-refractivity contribution in [3.8, 4) is 0 Å². The van der Waals surface area contributed by atoms with Crippen LogP contribution in [-0.2, 0) is 4.74 Å². The number of amides is 1. The minimum absolute atomic E-state index is 0.0665. The van der Waals surface area contributed by atoms with E-state index in [-0.39, 0.29) is 17.7 Å². The molecule has 170 valence electrons. The molecule has 2 saturated heterocycles. The largest absolute Gasteiger partial charge is 0.447 e. The van der Waals surface area contributed by atoms with E-state index < -0.39 is 6.09 Å². The van der Waals surface area contributed by atoms with Gasteiger partial charge in [0.2, 0.25) is 0 Å². The first kappa shape index (κ1) is 22.9. The molecular weight excluding hydrogens is 472 g/mol. The molecular formula is C24H29BrN4O3. The standard InChI is InChI=1S/C24H29BrN4O3/c25-21-8-6-19(7-9-21)23(30)20-10-12-28(13-11-20)14-15-32-24(31)27-29-16-22(26-17-29)18-4-2-1-3-5-18/h1-9,20,22,26H,10-17H2,(H,27,31). The second-order valence-electron chi connectivity index (χ2n) is 8.28. The molecule has 2 heterocycles. The second-order valence-corrected chi connectivity index (χ2v) is 9.20. The van der Waals surface area contributed by atoms with Gasteiger partial charge >= 0.3 is 6.09 Å². The Morgan fingerprint density at radius 2 is 1.78 bits per heavy atom. The van der Waals surface area contributed by atoms with Crippen molar-refractivity contribution in [1.29, 1.82) is 0 Å². The van der Waals surface area contributed by atoms with Crippen LogP contribution in [0, 0.1) is 5.92 Å². The third-order valence-corrected chi connectivity index (χ3v) is 6.64. The highest BCUT2D eigenvalue weighted by molar-refractivity contribution is 9.10. The van der Waals surface area contributed by atoms with Gasteiger partial charge in [-0.2, -0.15) is 0 Å². The van der Waals surface area contributed by atoms with Crippen molar-refractivity contribution in [2.45, 2.75) is 18.9 Å². The first-order chi connectivity index (χ1) is 15.6. The fourth-order valence-electron chi connectivity index (χ4n) is 4.26. The van der Waals surface area contributed by atoms with Gasteiger partial charge in [-0.15, -0.1) is 0 Å². The van der Waals surface area contributed by atoms with Crippen molar-refractivity contribution in [1.82, 2.24) is 20.7 Å². The summed E-state index contributed by atoms with van der Waals surface area (Å²) in [7, 11) is 0. The number of ether oxygens (including phenoxy) is 1. The molecule has 1 amide bonds. The predicted octanol–water partition coefficient (Wildman–Crippen LogP) is 3.59.